The average molecular weight is 527 g/mol. The van der Waals surface area contributed by atoms with Gasteiger partial charge in [0.05, 0.1) is 38.4 Å². The molecule has 0 aliphatic heterocycles. The number of ether oxygens (including phenoxy) is 5. The van der Waals surface area contributed by atoms with Gasteiger partial charge in [-0.2, -0.15) is 0 Å². The summed E-state index contributed by atoms with van der Waals surface area (Å²) in [5.74, 6) is 0.133. The predicted octanol–water partition coefficient (Wildman–Crippen LogP) is 6.02. The van der Waals surface area contributed by atoms with Gasteiger partial charge in [0, 0.05) is 6.08 Å². The van der Waals surface area contributed by atoms with Crippen molar-refractivity contribution in [2.45, 2.75) is 52.9 Å². The molecule has 38 heavy (non-hydrogen) atoms. The number of unbranched alkanes of at least 4 members (excludes halogenated alkanes) is 3. The van der Waals surface area contributed by atoms with Gasteiger partial charge in [-0.15, -0.1) is 0 Å². The van der Waals surface area contributed by atoms with Gasteiger partial charge in [-0.05, 0) is 94.0 Å². The van der Waals surface area contributed by atoms with E-state index in [9.17, 15) is 14.4 Å². The fraction of sp³-hybridized carbons (Fsp3) is 0.433. The number of carbonyl (C=O) groups excluding carboxylic acids is 3. The standard InChI is InChI=1S/C30H38O8/c1-6-30(2,3)29(33)37-20-10-8-7-9-19-36-24-15-13-23(14-16-24)28(32)38-25-17-11-22(21-26(25)34-4)12-18-27(31)35-5/h11-18,21H,6-10,19-20H2,1-5H3/b18-12+. The molecule has 0 fully saturated rings. The van der Waals surface area contributed by atoms with Crippen LogP contribution in [-0.4, -0.2) is 45.3 Å². The maximum absolute atomic E-state index is 12.6. The first-order chi connectivity index (χ1) is 18.2. The zero-order chi connectivity index (χ0) is 28.0. The lowest BCUT2D eigenvalue weighted by molar-refractivity contribution is -0.154. The molecule has 0 saturated carbocycles. The Morgan fingerprint density at radius 2 is 1.55 bits per heavy atom. The van der Waals surface area contributed by atoms with Crippen molar-refractivity contribution in [1.29, 1.82) is 0 Å². The quantitative estimate of drug-likeness (QED) is 0.120. The SMILES string of the molecule is CCC(C)(C)C(=O)OCCCCCCOc1ccc(C(=O)Oc2ccc(/C=C/C(=O)OC)cc2OC)cc1. The third kappa shape index (κ3) is 9.92. The molecule has 0 aromatic heterocycles. The maximum Gasteiger partial charge on any atom is 0.343 e. The first-order valence-electron chi connectivity index (χ1n) is 12.8. The van der Waals surface area contributed by atoms with E-state index in [2.05, 4.69) is 4.74 Å². The molecule has 0 spiro atoms. The Labute approximate surface area is 224 Å². The second-order valence-corrected chi connectivity index (χ2v) is 9.32. The van der Waals surface area contributed by atoms with Crippen molar-refractivity contribution in [2.75, 3.05) is 27.4 Å². The zero-order valence-electron chi connectivity index (χ0n) is 22.9. The number of hydrogen-bond acceptors (Lipinski definition) is 8. The smallest absolute Gasteiger partial charge is 0.343 e. The van der Waals surface area contributed by atoms with Crippen molar-refractivity contribution in [3.8, 4) is 17.2 Å². The van der Waals surface area contributed by atoms with E-state index in [4.69, 9.17) is 18.9 Å². The molecule has 0 aliphatic carbocycles. The third-order valence-electron chi connectivity index (χ3n) is 6.07. The fourth-order valence-electron chi connectivity index (χ4n) is 3.20. The highest BCUT2D eigenvalue weighted by Gasteiger charge is 2.26. The van der Waals surface area contributed by atoms with Crippen LogP contribution in [0.5, 0.6) is 17.2 Å². The van der Waals surface area contributed by atoms with Gasteiger partial charge >= 0.3 is 17.9 Å². The van der Waals surface area contributed by atoms with Gasteiger partial charge in [0.1, 0.15) is 5.75 Å². The Kier molecular flexibility index (Phi) is 12.4. The van der Waals surface area contributed by atoms with Crippen molar-refractivity contribution in [2.24, 2.45) is 5.41 Å². The summed E-state index contributed by atoms with van der Waals surface area (Å²) in [5, 5.41) is 0. The van der Waals surface area contributed by atoms with Crippen LogP contribution in [0.1, 0.15) is 68.8 Å². The van der Waals surface area contributed by atoms with E-state index in [1.807, 2.05) is 20.8 Å². The van der Waals surface area contributed by atoms with Crippen molar-refractivity contribution in [1.82, 2.24) is 0 Å². The minimum absolute atomic E-state index is 0.141. The Morgan fingerprint density at radius 3 is 2.18 bits per heavy atom. The molecule has 2 aromatic rings. The van der Waals surface area contributed by atoms with Gasteiger partial charge in [-0.1, -0.05) is 13.0 Å². The average Bonchev–Trinajstić information content (AvgIpc) is 2.93. The Balaban J connectivity index is 1.75. The molecule has 0 N–H and O–H groups in total. The summed E-state index contributed by atoms with van der Waals surface area (Å²) < 4.78 is 26.5. The van der Waals surface area contributed by atoms with Gasteiger partial charge in [0.25, 0.3) is 0 Å². The minimum Gasteiger partial charge on any atom is -0.494 e. The van der Waals surface area contributed by atoms with E-state index in [1.54, 1.807) is 48.5 Å². The van der Waals surface area contributed by atoms with Crippen LogP contribution in [0.4, 0.5) is 0 Å². The molecule has 206 valence electrons. The fourth-order valence-corrected chi connectivity index (χ4v) is 3.20. The first-order valence-corrected chi connectivity index (χ1v) is 12.8. The van der Waals surface area contributed by atoms with Crippen LogP contribution in [0.25, 0.3) is 6.08 Å². The van der Waals surface area contributed by atoms with Gasteiger partial charge in [-0.25, -0.2) is 9.59 Å². The molecule has 0 amide bonds. The van der Waals surface area contributed by atoms with Crippen LogP contribution < -0.4 is 14.2 Å². The molecule has 0 radical (unpaired) electrons. The number of methoxy groups -OCH3 is 2. The van der Waals surface area contributed by atoms with Crippen LogP contribution in [-0.2, 0) is 19.1 Å². The summed E-state index contributed by atoms with van der Waals surface area (Å²) in [4.78, 5) is 35.8. The molecule has 2 aromatic carbocycles. The number of carbonyl (C=O) groups is 3. The Morgan fingerprint density at radius 1 is 0.868 bits per heavy atom. The second-order valence-electron chi connectivity index (χ2n) is 9.32. The number of esters is 3. The van der Waals surface area contributed by atoms with E-state index in [0.717, 1.165) is 32.1 Å². The topological polar surface area (TPSA) is 97.4 Å². The molecular formula is C30H38O8. The lowest BCUT2D eigenvalue weighted by atomic mass is 9.91. The van der Waals surface area contributed by atoms with Crippen LogP contribution in [0, 0.1) is 5.41 Å². The van der Waals surface area contributed by atoms with Gasteiger partial charge in [0.2, 0.25) is 0 Å². The molecule has 0 atom stereocenters. The van der Waals surface area contributed by atoms with Crippen molar-refractivity contribution < 1.29 is 38.1 Å². The molecule has 2 rings (SSSR count). The molecule has 0 heterocycles. The van der Waals surface area contributed by atoms with Crippen LogP contribution in [0.2, 0.25) is 0 Å². The zero-order valence-corrected chi connectivity index (χ0v) is 22.9. The van der Waals surface area contributed by atoms with Gasteiger partial charge in [-0.3, -0.25) is 4.79 Å². The Hall–Kier alpha value is -3.81. The van der Waals surface area contributed by atoms with E-state index in [-0.39, 0.29) is 11.7 Å². The molecule has 0 saturated heterocycles. The summed E-state index contributed by atoms with van der Waals surface area (Å²) in [5.41, 5.74) is 0.632. The van der Waals surface area contributed by atoms with E-state index in [1.165, 1.54) is 20.3 Å². The third-order valence-corrected chi connectivity index (χ3v) is 6.07. The molecule has 0 unspecified atom stereocenters. The van der Waals surface area contributed by atoms with Crippen LogP contribution in [0.15, 0.2) is 48.5 Å². The first kappa shape index (κ1) is 30.4. The monoisotopic (exact) mass is 526 g/mol. The summed E-state index contributed by atoms with van der Waals surface area (Å²) in [7, 11) is 2.77. The largest absolute Gasteiger partial charge is 0.494 e. The van der Waals surface area contributed by atoms with E-state index >= 15 is 0 Å². The summed E-state index contributed by atoms with van der Waals surface area (Å²) in [6, 6.07) is 11.7. The Bertz CT molecular complexity index is 1090. The predicted molar refractivity (Wildman–Crippen MR) is 144 cm³/mol. The molecule has 8 nitrogen and oxygen atoms in total. The highest BCUT2D eigenvalue weighted by Crippen LogP contribution is 2.29. The summed E-state index contributed by atoms with van der Waals surface area (Å²) >= 11 is 0. The van der Waals surface area contributed by atoms with Crippen LogP contribution in [0.3, 0.4) is 0 Å². The van der Waals surface area contributed by atoms with Gasteiger partial charge < -0.3 is 23.7 Å². The summed E-state index contributed by atoms with van der Waals surface area (Å²) in [6.07, 6.45) is 7.26. The van der Waals surface area contributed by atoms with Crippen molar-refractivity contribution in [3.63, 3.8) is 0 Å². The minimum atomic E-state index is -0.532. The van der Waals surface area contributed by atoms with Crippen LogP contribution >= 0.6 is 0 Å². The molecule has 0 bridgehead atoms. The van der Waals surface area contributed by atoms with Crippen molar-refractivity contribution in [3.05, 3.63) is 59.7 Å². The maximum atomic E-state index is 12.6. The molecule has 0 aliphatic rings. The summed E-state index contributed by atoms with van der Waals surface area (Å²) in [6.45, 7) is 6.78. The molecule has 8 heteroatoms. The lowest BCUT2D eigenvalue weighted by Crippen LogP contribution is -2.26. The highest BCUT2D eigenvalue weighted by molar-refractivity contribution is 5.91. The lowest BCUT2D eigenvalue weighted by Gasteiger charge is -2.20. The number of benzene rings is 2. The molecular weight excluding hydrogens is 488 g/mol. The van der Waals surface area contributed by atoms with E-state index < -0.39 is 17.4 Å². The van der Waals surface area contributed by atoms with Crippen molar-refractivity contribution >= 4 is 24.0 Å². The number of hydrogen-bond donors (Lipinski definition) is 0. The van der Waals surface area contributed by atoms with E-state index in [0.29, 0.717) is 35.8 Å². The number of rotatable bonds is 15. The van der Waals surface area contributed by atoms with Gasteiger partial charge in [0.15, 0.2) is 11.5 Å². The highest BCUT2D eigenvalue weighted by atomic mass is 16.6. The normalized spacial score (nSPS) is 11.2. The second kappa shape index (κ2) is 15.4.